The fourth-order valence-corrected chi connectivity index (χ4v) is 1.42. The van der Waals surface area contributed by atoms with Crippen molar-refractivity contribution in [1.29, 1.82) is 0 Å². The van der Waals surface area contributed by atoms with Crippen molar-refractivity contribution in [3.63, 3.8) is 0 Å². The van der Waals surface area contributed by atoms with Gasteiger partial charge in [-0.2, -0.15) is 27.2 Å². The van der Waals surface area contributed by atoms with Gasteiger partial charge in [0.1, 0.15) is 0 Å². The van der Waals surface area contributed by atoms with E-state index in [2.05, 4.69) is 48.0 Å². The van der Waals surface area contributed by atoms with Crippen LogP contribution in [0.3, 0.4) is 0 Å². The molecule has 0 aromatic carbocycles. The SMILES string of the molecule is CCC(C)[N-]CCCC1=CC=CC1.CC[N-]C.CC[N-]C.[CH3-].[Zr+4]. The summed E-state index contributed by atoms with van der Waals surface area (Å²) in [6.07, 6.45) is 11.4. The van der Waals surface area contributed by atoms with Gasteiger partial charge in [-0.25, -0.2) is 0 Å². The third-order valence-electron chi connectivity index (χ3n) is 3.17. The third kappa shape index (κ3) is 27.4. The van der Waals surface area contributed by atoms with Crippen LogP contribution in [0.2, 0.25) is 0 Å². The van der Waals surface area contributed by atoms with Crippen molar-refractivity contribution in [3.8, 4) is 0 Å². The summed E-state index contributed by atoms with van der Waals surface area (Å²) in [5.74, 6) is 0. The molecule has 1 atom stereocenters. The van der Waals surface area contributed by atoms with Crippen LogP contribution in [0.4, 0.5) is 0 Å². The van der Waals surface area contributed by atoms with E-state index in [1.165, 1.54) is 25.7 Å². The Kier molecular flexibility index (Phi) is 36.6. The second kappa shape index (κ2) is 27.1. The normalized spacial score (nSPS) is 12.5. The van der Waals surface area contributed by atoms with Gasteiger partial charge >= 0.3 is 26.2 Å². The van der Waals surface area contributed by atoms with Gasteiger partial charge in [0.2, 0.25) is 0 Å². The fourth-order valence-electron chi connectivity index (χ4n) is 1.42. The summed E-state index contributed by atoms with van der Waals surface area (Å²) in [5, 5.41) is 12.0. The maximum atomic E-state index is 4.56. The summed E-state index contributed by atoms with van der Waals surface area (Å²) >= 11 is 0. The number of nitrogens with zero attached hydrogens (tertiary/aromatic N) is 3. The molecule has 0 amide bonds. The minimum Gasteiger partial charge on any atom is -0.665 e. The van der Waals surface area contributed by atoms with Crippen LogP contribution in [-0.4, -0.2) is 39.8 Å². The van der Waals surface area contributed by atoms with Crippen LogP contribution in [0.25, 0.3) is 16.0 Å². The van der Waals surface area contributed by atoms with Crippen molar-refractivity contribution >= 4 is 0 Å². The van der Waals surface area contributed by atoms with Crippen LogP contribution < -0.4 is 0 Å². The van der Waals surface area contributed by atoms with Crippen LogP contribution in [0.1, 0.15) is 53.4 Å². The molecule has 0 N–H and O–H groups in total. The van der Waals surface area contributed by atoms with E-state index in [0.29, 0.717) is 6.04 Å². The third-order valence-corrected chi connectivity index (χ3v) is 3.17. The molecular weight excluding hydrogens is 361 g/mol. The van der Waals surface area contributed by atoms with Crippen LogP contribution in [0, 0.1) is 7.43 Å². The van der Waals surface area contributed by atoms with Gasteiger partial charge in [0, 0.05) is 0 Å². The predicted octanol–water partition coefficient (Wildman–Crippen LogP) is 6.29. The zero-order chi connectivity index (χ0) is 16.3. The van der Waals surface area contributed by atoms with Crippen molar-refractivity contribution in [2.75, 3.05) is 33.7 Å². The van der Waals surface area contributed by atoms with E-state index in [1.807, 2.05) is 13.8 Å². The molecule has 1 aliphatic rings. The summed E-state index contributed by atoms with van der Waals surface area (Å²) in [4.78, 5) is 0. The molecule has 0 aliphatic heterocycles. The first-order valence-corrected chi connectivity index (χ1v) is 8.28. The minimum atomic E-state index is 0. The van der Waals surface area contributed by atoms with E-state index >= 15 is 0 Å². The molecule has 134 valence electrons. The number of hydrogen-bond donors (Lipinski definition) is 0. The molecule has 0 heterocycles. The van der Waals surface area contributed by atoms with Crippen molar-refractivity contribution in [3.05, 3.63) is 47.2 Å². The van der Waals surface area contributed by atoms with Crippen LogP contribution in [0.15, 0.2) is 23.8 Å². The molecule has 0 saturated carbocycles. The van der Waals surface area contributed by atoms with Gasteiger partial charge in [0.25, 0.3) is 0 Å². The molecule has 3 nitrogen and oxygen atoms in total. The summed E-state index contributed by atoms with van der Waals surface area (Å²) in [6, 6.07) is 0.552. The van der Waals surface area contributed by atoms with Gasteiger partial charge in [-0.3, -0.25) is 0 Å². The molecule has 0 radical (unpaired) electrons. The molecule has 0 saturated heterocycles. The molecule has 0 fully saturated rings. The summed E-state index contributed by atoms with van der Waals surface area (Å²) in [5.41, 5.74) is 1.57. The maximum Gasteiger partial charge on any atom is 4.00 e. The zero-order valence-corrected chi connectivity index (χ0v) is 19.1. The number of hydrogen-bond acceptors (Lipinski definition) is 0. The Labute approximate surface area is 166 Å². The van der Waals surface area contributed by atoms with E-state index in [1.54, 1.807) is 19.7 Å². The topological polar surface area (TPSA) is 42.3 Å². The summed E-state index contributed by atoms with van der Waals surface area (Å²) in [7, 11) is 3.61. The second-order valence-electron chi connectivity index (χ2n) is 4.99. The van der Waals surface area contributed by atoms with E-state index in [0.717, 1.165) is 19.6 Å². The second-order valence-corrected chi connectivity index (χ2v) is 4.99. The van der Waals surface area contributed by atoms with Gasteiger partial charge in [0.05, 0.1) is 0 Å². The monoisotopic (exact) mass is 399 g/mol. The molecule has 23 heavy (non-hydrogen) atoms. The smallest absolute Gasteiger partial charge is 0.665 e. The molecule has 0 bridgehead atoms. The Balaban J connectivity index is -0.000000153. The van der Waals surface area contributed by atoms with Gasteiger partial charge < -0.3 is 23.4 Å². The fraction of sp³-hybridized carbons (Fsp3) is 0.737. The molecule has 1 aliphatic carbocycles. The zero-order valence-electron chi connectivity index (χ0n) is 16.6. The first kappa shape index (κ1) is 31.1. The standard InChI is InChI=1S/C12H20N.2C3H8N.CH3.Zr/c1-3-11(2)13-10-6-9-12-7-4-5-8-12;2*1-3-4-2;;/h4-5,7,11H,3,6,8-10H2,1-2H3;2*3H2,1-2H3;1H3;/q4*-1;+4. The average molecular weight is 401 g/mol. The average Bonchev–Trinajstić information content (AvgIpc) is 3.05. The molecular formula is C19H39N3Zr. The van der Waals surface area contributed by atoms with E-state index in [-0.39, 0.29) is 33.6 Å². The number of allylic oxidation sites excluding steroid dienone is 4. The molecule has 4 heteroatoms. The first-order chi connectivity index (χ1) is 10.2. The Hall–Kier alpha value is 0.243. The van der Waals surface area contributed by atoms with Gasteiger partial charge in [0.15, 0.2) is 0 Å². The van der Waals surface area contributed by atoms with Crippen molar-refractivity contribution in [2.24, 2.45) is 0 Å². The van der Waals surface area contributed by atoms with Crippen molar-refractivity contribution < 1.29 is 26.2 Å². The van der Waals surface area contributed by atoms with E-state index in [4.69, 9.17) is 0 Å². The summed E-state index contributed by atoms with van der Waals surface area (Å²) < 4.78 is 0. The Bertz CT molecular complexity index is 245. The van der Waals surface area contributed by atoms with Crippen molar-refractivity contribution in [1.82, 2.24) is 0 Å². The largest absolute Gasteiger partial charge is 4.00 e. The minimum absolute atomic E-state index is 0. The quantitative estimate of drug-likeness (QED) is 0.339. The van der Waals surface area contributed by atoms with Gasteiger partial charge in [-0.15, -0.1) is 12.6 Å². The van der Waals surface area contributed by atoms with Gasteiger partial charge in [-0.1, -0.05) is 64.3 Å². The van der Waals surface area contributed by atoms with E-state index in [9.17, 15) is 0 Å². The van der Waals surface area contributed by atoms with E-state index < -0.39 is 0 Å². The molecule has 0 aromatic rings. The van der Waals surface area contributed by atoms with Crippen LogP contribution in [0.5, 0.6) is 0 Å². The maximum absolute atomic E-state index is 4.56. The molecule has 0 spiro atoms. The van der Waals surface area contributed by atoms with Gasteiger partial charge in [-0.05, 0) is 12.8 Å². The van der Waals surface area contributed by atoms with Crippen LogP contribution in [-0.2, 0) is 26.2 Å². The predicted molar refractivity (Wildman–Crippen MR) is 105 cm³/mol. The van der Waals surface area contributed by atoms with Crippen molar-refractivity contribution in [2.45, 2.75) is 59.4 Å². The summed E-state index contributed by atoms with van der Waals surface area (Å²) in [6.45, 7) is 11.3. The molecule has 0 aromatic heterocycles. The molecule has 1 rings (SSSR count). The number of rotatable bonds is 8. The first-order valence-electron chi connectivity index (χ1n) is 8.28. The Morgan fingerprint density at radius 1 is 1.09 bits per heavy atom. The van der Waals surface area contributed by atoms with Crippen LogP contribution >= 0.6 is 0 Å². The Morgan fingerprint density at radius 3 is 1.96 bits per heavy atom. The Morgan fingerprint density at radius 2 is 1.61 bits per heavy atom. The molecule has 1 unspecified atom stereocenters.